The summed E-state index contributed by atoms with van der Waals surface area (Å²) in [6.07, 6.45) is -3.49. The smallest absolute Gasteiger partial charge is 0.303 e. The van der Waals surface area contributed by atoms with E-state index in [0.29, 0.717) is 5.82 Å². The average Bonchev–Trinajstić information content (AvgIpc) is 2.58. The summed E-state index contributed by atoms with van der Waals surface area (Å²) in [6, 6.07) is 6.22. The van der Waals surface area contributed by atoms with Crippen LogP contribution in [0.25, 0.3) is 5.82 Å². The molecule has 0 aliphatic heterocycles. The lowest BCUT2D eigenvalue weighted by atomic mass is 10.3. The van der Waals surface area contributed by atoms with Crippen LogP contribution >= 0.6 is 0 Å². The number of pyridine rings is 1. The quantitative estimate of drug-likeness (QED) is 0.745. The van der Waals surface area contributed by atoms with Crippen molar-refractivity contribution in [3.05, 3.63) is 47.4 Å². The third-order valence-corrected chi connectivity index (χ3v) is 2.58. The summed E-state index contributed by atoms with van der Waals surface area (Å²) in [4.78, 5) is 3.85. The number of halogens is 3. The lowest BCUT2D eigenvalue weighted by Gasteiger charge is -2.10. The van der Waals surface area contributed by atoms with Crippen LogP contribution in [0.2, 0.25) is 0 Å². The Morgan fingerprint density at radius 1 is 1.00 bits per heavy atom. The van der Waals surface area contributed by atoms with Crippen molar-refractivity contribution in [2.75, 3.05) is 0 Å². The van der Waals surface area contributed by atoms with Crippen LogP contribution in [0.3, 0.4) is 0 Å². The predicted molar refractivity (Wildman–Crippen MR) is 58.0 cm³/mol. The van der Waals surface area contributed by atoms with Gasteiger partial charge >= 0.3 is 6.18 Å². The second kappa shape index (κ2) is 3.91. The summed E-state index contributed by atoms with van der Waals surface area (Å²) in [7, 11) is 0. The van der Waals surface area contributed by atoms with Crippen LogP contribution in [0.4, 0.5) is 13.2 Å². The lowest BCUT2D eigenvalue weighted by molar-refractivity contribution is -0.137. The molecule has 2 nitrogen and oxygen atoms in total. The van der Waals surface area contributed by atoms with Crippen molar-refractivity contribution in [3.63, 3.8) is 0 Å². The molecule has 0 N–H and O–H groups in total. The molecule has 0 aliphatic carbocycles. The predicted octanol–water partition coefficient (Wildman–Crippen LogP) is 3.51. The number of aromatic nitrogens is 2. The lowest BCUT2D eigenvalue weighted by Crippen LogP contribution is -2.07. The molecule has 2 heterocycles. The van der Waals surface area contributed by atoms with Crippen molar-refractivity contribution >= 4 is 0 Å². The van der Waals surface area contributed by atoms with E-state index in [-0.39, 0.29) is 0 Å². The highest BCUT2D eigenvalue weighted by Gasteiger charge is 2.30. The third-order valence-electron chi connectivity index (χ3n) is 2.58. The summed E-state index contributed by atoms with van der Waals surface area (Å²) in [5.41, 5.74) is 1.15. The monoisotopic (exact) mass is 240 g/mol. The number of hydrogen-bond acceptors (Lipinski definition) is 1. The van der Waals surface area contributed by atoms with Crippen molar-refractivity contribution in [1.29, 1.82) is 0 Å². The van der Waals surface area contributed by atoms with E-state index >= 15 is 0 Å². The van der Waals surface area contributed by atoms with Gasteiger partial charge in [-0.2, -0.15) is 13.2 Å². The maximum Gasteiger partial charge on any atom is 0.417 e. The Hall–Kier alpha value is -1.78. The normalized spacial score (nSPS) is 11.8. The Bertz CT molecular complexity index is 504. The molecule has 0 saturated carbocycles. The fourth-order valence-electron chi connectivity index (χ4n) is 1.72. The Balaban J connectivity index is 2.43. The maximum absolute atomic E-state index is 12.4. The first-order valence-electron chi connectivity index (χ1n) is 5.08. The molecule has 0 saturated heterocycles. The van der Waals surface area contributed by atoms with Gasteiger partial charge in [-0.05, 0) is 38.1 Å². The minimum absolute atomic E-state index is 0.498. The Labute approximate surface area is 96.7 Å². The zero-order chi connectivity index (χ0) is 12.6. The van der Waals surface area contributed by atoms with Gasteiger partial charge in [0.15, 0.2) is 0 Å². The number of alkyl halides is 3. The third kappa shape index (κ3) is 2.18. The van der Waals surface area contributed by atoms with Gasteiger partial charge in [-0.25, -0.2) is 4.98 Å². The molecule has 0 radical (unpaired) electrons. The topological polar surface area (TPSA) is 17.8 Å². The van der Waals surface area contributed by atoms with Crippen molar-refractivity contribution in [3.8, 4) is 5.82 Å². The first-order valence-corrected chi connectivity index (χ1v) is 5.08. The molecule has 17 heavy (non-hydrogen) atoms. The standard InChI is InChI=1S/C12H11F3N2/c1-8-3-4-9(2)17(8)11-6-5-10(7-16-11)12(13,14)15/h3-7H,1-2H3. The van der Waals surface area contributed by atoms with Gasteiger partial charge in [0.25, 0.3) is 0 Å². The fourth-order valence-corrected chi connectivity index (χ4v) is 1.72. The minimum Gasteiger partial charge on any atom is -0.303 e. The van der Waals surface area contributed by atoms with Crippen LogP contribution in [0.1, 0.15) is 17.0 Å². The van der Waals surface area contributed by atoms with Crippen molar-refractivity contribution in [2.24, 2.45) is 0 Å². The minimum atomic E-state index is -4.34. The van der Waals surface area contributed by atoms with E-state index in [1.54, 1.807) is 4.57 Å². The van der Waals surface area contributed by atoms with E-state index in [4.69, 9.17) is 0 Å². The van der Waals surface area contributed by atoms with Gasteiger partial charge in [0.2, 0.25) is 0 Å². The molecule has 90 valence electrons. The van der Waals surface area contributed by atoms with Gasteiger partial charge in [-0.3, -0.25) is 0 Å². The first-order chi connectivity index (χ1) is 7.89. The van der Waals surface area contributed by atoms with Crippen molar-refractivity contribution < 1.29 is 13.2 Å². The summed E-state index contributed by atoms with van der Waals surface area (Å²) < 4.78 is 38.9. The summed E-state index contributed by atoms with van der Waals surface area (Å²) >= 11 is 0. The number of rotatable bonds is 1. The molecule has 0 fully saturated rings. The molecular weight excluding hydrogens is 229 g/mol. The second-order valence-corrected chi connectivity index (χ2v) is 3.85. The molecule has 0 spiro atoms. The molecule has 0 amide bonds. The van der Waals surface area contributed by atoms with Crippen molar-refractivity contribution in [2.45, 2.75) is 20.0 Å². The average molecular weight is 240 g/mol. The van der Waals surface area contributed by atoms with Gasteiger partial charge in [0.05, 0.1) is 5.56 Å². The van der Waals surface area contributed by atoms with Crippen LogP contribution in [0.5, 0.6) is 0 Å². The SMILES string of the molecule is Cc1ccc(C)n1-c1ccc(C(F)(F)F)cn1. The summed E-state index contributed by atoms with van der Waals surface area (Å²) in [5.74, 6) is 0.498. The number of aryl methyl sites for hydroxylation is 2. The largest absolute Gasteiger partial charge is 0.417 e. The molecule has 0 bridgehead atoms. The van der Waals surface area contributed by atoms with Crippen LogP contribution < -0.4 is 0 Å². The molecule has 0 unspecified atom stereocenters. The maximum atomic E-state index is 12.4. The van der Waals surface area contributed by atoms with E-state index < -0.39 is 11.7 Å². The van der Waals surface area contributed by atoms with Gasteiger partial charge in [0, 0.05) is 17.6 Å². The van der Waals surface area contributed by atoms with Gasteiger partial charge in [0.1, 0.15) is 5.82 Å². The van der Waals surface area contributed by atoms with Crippen LogP contribution in [-0.4, -0.2) is 9.55 Å². The molecule has 0 aliphatic rings. The van der Waals surface area contributed by atoms with E-state index in [9.17, 15) is 13.2 Å². The molecule has 0 atom stereocenters. The summed E-state index contributed by atoms with van der Waals surface area (Å²) in [6.45, 7) is 3.76. The van der Waals surface area contributed by atoms with Crippen LogP contribution in [0, 0.1) is 13.8 Å². The van der Waals surface area contributed by atoms with E-state index in [1.807, 2.05) is 26.0 Å². The molecule has 2 aromatic heterocycles. The van der Waals surface area contributed by atoms with Gasteiger partial charge < -0.3 is 4.57 Å². The van der Waals surface area contributed by atoms with Gasteiger partial charge in [-0.15, -0.1) is 0 Å². The Morgan fingerprint density at radius 3 is 2.00 bits per heavy atom. The zero-order valence-electron chi connectivity index (χ0n) is 9.42. The van der Waals surface area contributed by atoms with Gasteiger partial charge in [-0.1, -0.05) is 0 Å². The molecular formula is C12H11F3N2. The summed E-state index contributed by atoms with van der Waals surface area (Å²) in [5, 5.41) is 0. The highest BCUT2D eigenvalue weighted by Crippen LogP contribution is 2.29. The van der Waals surface area contributed by atoms with E-state index in [0.717, 1.165) is 23.7 Å². The molecule has 5 heteroatoms. The van der Waals surface area contributed by atoms with Crippen molar-refractivity contribution in [1.82, 2.24) is 9.55 Å². The zero-order valence-corrected chi connectivity index (χ0v) is 9.42. The molecule has 2 rings (SSSR count). The van der Waals surface area contributed by atoms with Crippen LogP contribution in [0.15, 0.2) is 30.5 Å². The fraction of sp³-hybridized carbons (Fsp3) is 0.250. The second-order valence-electron chi connectivity index (χ2n) is 3.85. The molecule has 2 aromatic rings. The first kappa shape index (κ1) is 11.7. The number of hydrogen-bond donors (Lipinski definition) is 0. The molecule has 0 aromatic carbocycles. The highest BCUT2D eigenvalue weighted by atomic mass is 19.4. The van der Waals surface area contributed by atoms with Crippen LogP contribution in [-0.2, 0) is 6.18 Å². The Kier molecular flexibility index (Phi) is 2.69. The number of nitrogens with zero attached hydrogens (tertiary/aromatic N) is 2. The highest BCUT2D eigenvalue weighted by molar-refractivity contribution is 5.33. The van der Waals surface area contributed by atoms with E-state index in [2.05, 4.69) is 4.98 Å². The van der Waals surface area contributed by atoms with E-state index in [1.165, 1.54) is 6.07 Å². The Morgan fingerprint density at radius 2 is 1.59 bits per heavy atom.